The summed E-state index contributed by atoms with van der Waals surface area (Å²) in [5, 5.41) is 6.93. The molecule has 0 bridgehead atoms. The Kier molecular flexibility index (Phi) is 8.04. The van der Waals surface area contributed by atoms with Crippen molar-refractivity contribution in [2.24, 2.45) is 0 Å². The second-order valence-corrected chi connectivity index (χ2v) is 10.4. The molecule has 0 unspecified atom stereocenters. The van der Waals surface area contributed by atoms with Gasteiger partial charge in [0.2, 0.25) is 0 Å². The molecule has 0 radical (unpaired) electrons. The van der Waals surface area contributed by atoms with Crippen LogP contribution in [0.5, 0.6) is 0 Å². The number of nitrogens with zero attached hydrogens (tertiary/aromatic N) is 4. The second kappa shape index (κ2) is 11.8. The number of nitrogens with one attached hydrogen (secondary N) is 2. The smallest absolute Gasteiger partial charge is 0.277 e. The van der Waals surface area contributed by atoms with E-state index in [1.54, 1.807) is 50.0 Å². The van der Waals surface area contributed by atoms with Crippen LogP contribution in [-0.2, 0) is 6.54 Å². The summed E-state index contributed by atoms with van der Waals surface area (Å²) in [6, 6.07) is 19.7. The molecule has 0 atom stereocenters. The Balaban J connectivity index is 1.60. The lowest BCUT2D eigenvalue weighted by Crippen LogP contribution is -2.28. The van der Waals surface area contributed by atoms with Crippen molar-refractivity contribution >= 4 is 22.5 Å². The van der Waals surface area contributed by atoms with Crippen molar-refractivity contribution in [2.45, 2.75) is 13.5 Å². The predicted octanol–water partition coefficient (Wildman–Crippen LogP) is 5.20. The molecule has 9 heteroatoms. The number of hydrogen-bond acceptors (Lipinski definition) is 5. The number of amides is 1. The van der Waals surface area contributed by atoms with Crippen LogP contribution in [0.15, 0.2) is 96.2 Å². The fourth-order valence-electron chi connectivity index (χ4n) is 5.02. The first kappa shape index (κ1) is 28.5. The first-order valence-electron chi connectivity index (χ1n) is 13.5. The zero-order chi connectivity index (χ0) is 30.0. The summed E-state index contributed by atoms with van der Waals surface area (Å²) in [4.78, 5) is 32.7. The lowest BCUT2D eigenvalue weighted by molar-refractivity contribution is 0.0827. The van der Waals surface area contributed by atoms with Gasteiger partial charge in [-0.25, -0.2) is 9.37 Å². The molecule has 2 heterocycles. The van der Waals surface area contributed by atoms with Crippen LogP contribution in [0.4, 0.5) is 10.1 Å². The SMILES string of the molecule is C=C(CNC)Nc1cnc(-c2cccc(C(=O)N(C)C)c2)n(Cc2cccc(-n3cc(C)c4cc(F)ccc43)c2)c1=O. The van der Waals surface area contributed by atoms with E-state index in [0.717, 1.165) is 27.7 Å². The summed E-state index contributed by atoms with van der Waals surface area (Å²) < 4.78 is 17.5. The molecule has 2 N–H and O–H groups in total. The summed E-state index contributed by atoms with van der Waals surface area (Å²) in [5.74, 6) is 0.00860. The normalized spacial score (nSPS) is 11.1. The van der Waals surface area contributed by atoms with Gasteiger partial charge in [0.25, 0.3) is 11.5 Å². The minimum absolute atomic E-state index is 0.144. The molecule has 5 aromatic rings. The predicted molar refractivity (Wildman–Crippen MR) is 166 cm³/mol. The third-order valence-electron chi connectivity index (χ3n) is 7.02. The maximum Gasteiger partial charge on any atom is 0.277 e. The largest absolute Gasteiger partial charge is 0.353 e. The van der Waals surface area contributed by atoms with Gasteiger partial charge in [-0.1, -0.05) is 30.8 Å². The van der Waals surface area contributed by atoms with Gasteiger partial charge in [-0.2, -0.15) is 0 Å². The highest BCUT2D eigenvalue weighted by Crippen LogP contribution is 2.26. The van der Waals surface area contributed by atoms with Crippen molar-refractivity contribution in [3.8, 4) is 17.1 Å². The number of carbonyl (C=O) groups is 1. The van der Waals surface area contributed by atoms with E-state index in [4.69, 9.17) is 0 Å². The number of fused-ring (bicyclic) bond motifs is 1. The third-order valence-corrected chi connectivity index (χ3v) is 7.02. The Morgan fingerprint density at radius 1 is 1.07 bits per heavy atom. The molecule has 0 saturated heterocycles. The number of benzene rings is 3. The Morgan fingerprint density at radius 3 is 2.62 bits per heavy atom. The van der Waals surface area contributed by atoms with Gasteiger partial charge in [-0.15, -0.1) is 0 Å². The molecular weight excluding hydrogens is 531 g/mol. The van der Waals surface area contributed by atoms with Gasteiger partial charge in [0.1, 0.15) is 17.3 Å². The van der Waals surface area contributed by atoms with Crippen molar-refractivity contribution < 1.29 is 9.18 Å². The van der Waals surface area contributed by atoms with Crippen LogP contribution in [0.3, 0.4) is 0 Å². The Labute approximate surface area is 243 Å². The summed E-state index contributed by atoms with van der Waals surface area (Å²) in [6.45, 7) is 6.64. The number of anilines is 1. The van der Waals surface area contributed by atoms with Gasteiger partial charge in [0.05, 0.1) is 18.3 Å². The molecular formula is C33H33FN6O2. The maximum absolute atomic E-state index is 13.9. The number of aryl methyl sites for hydroxylation is 1. The number of carbonyl (C=O) groups excluding carboxylic acids is 1. The van der Waals surface area contributed by atoms with Crippen molar-refractivity contribution in [2.75, 3.05) is 33.0 Å². The zero-order valence-corrected chi connectivity index (χ0v) is 24.1. The minimum atomic E-state index is -0.279. The van der Waals surface area contributed by atoms with Crippen LogP contribution >= 0.6 is 0 Å². The number of hydrogen-bond donors (Lipinski definition) is 2. The topological polar surface area (TPSA) is 84.2 Å². The quantitative estimate of drug-likeness (QED) is 0.257. The fraction of sp³-hybridized carbons (Fsp3) is 0.182. The van der Waals surface area contributed by atoms with Gasteiger partial charge in [-0.3, -0.25) is 14.2 Å². The van der Waals surface area contributed by atoms with Gasteiger partial charge in [0, 0.05) is 54.7 Å². The molecule has 42 heavy (non-hydrogen) atoms. The third kappa shape index (κ3) is 5.73. The molecule has 5 rings (SSSR count). The summed E-state index contributed by atoms with van der Waals surface area (Å²) in [7, 11) is 5.19. The van der Waals surface area contributed by atoms with E-state index in [9.17, 15) is 14.0 Å². The molecule has 8 nitrogen and oxygen atoms in total. The molecule has 0 aliphatic carbocycles. The first-order valence-corrected chi connectivity index (χ1v) is 13.5. The Morgan fingerprint density at radius 2 is 1.86 bits per heavy atom. The molecule has 0 fully saturated rings. The molecule has 0 saturated carbocycles. The van der Waals surface area contributed by atoms with Crippen LogP contribution in [0.1, 0.15) is 21.5 Å². The Bertz CT molecular complexity index is 1870. The minimum Gasteiger partial charge on any atom is -0.353 e. The Hall–Kier alpha value is -5.02. The number of rotatable bonds is 9. The van der Waals surface area contributed by atoms with E-state index >= 15 is 0 Å². The van der Waals surface area contributed by atoms with Gasteiger partial charge in [-0.05, 0) is 67.6 Å². The maximum atomic E-state index is 13.9. The van der Waals surface area contributed by atoms with E-state index in [-0.39, 0.29) is 23.8 Å². The van der Waals surface area contributed by atoms with E-state index in [2.05, 4.69) is 22.2 Å². The van der Waals surface area contributed by atoms with Crippen LogP contribution in [0.25, 0.3) is 28.0 Å². The summed E-state index contributed by atoms with van der Waals surface area (Å²) in [6.07, 6.45) is 3.48. The van der Waals surface area contributed by atoms with E-state index in [0.29, 0.717) is 34.9 Å². The molecule has 0 aliphatic rings. The van der Waals surface area contributed by atoms with Gasteiger partial charge in [0.15, 0.2) is 0 Å². The van der Waals surface area contributed by atoms with Crippen LogP contribution < -0.4 is 16.2 Å². The van der Waals surface area contributed by atoms with Crippen LogP contribution in [0.2, 0.25) is 0 Å². The van der Waals surface area contributed by atoms with Crippen LogP contribution in [-0.4, -0.2) is 52.6 Å². The average molecular weight is 565 g/mol. The monoisotopic (exact) mass is 564 g/mol. The molecule has 0 spiro atoms. The lowest BCUT2D eigenvalue weighted by Gasteiger charge is -2.17. The van der Waals surface area contributed by atoms with Gasteiger partial charge < -0.3 is 20.1 Å². The number of halogens is 1. The average Bonchev–Trinajstić information content (AvgIpc) is 3.30. The highest BCUT2D eigenvalue weighted by atomic mass is 19.1. The molecule has 214 valence electrons. The van der Waals surface area contributed by atoms with Crippen molar-refractivity contribution in [1.82, 2.24) is 24.3 Å². The highest BCUT2D eigenvalue weighted by Gasteiger charge is 2.17. The summed E-state index contributed by atoms with van der Waals surface area (Å²) in [5.41, 5.74) is 5.40. The van der Waals surface area contributed by atoms with E-state index in [1.165, 1.54) is 23.2 Å². The molecule has 0 aliphatic heterocycles. The molecule has 3 aromatic carbocycles. The lowest BCUT2D eigenvalue weighted by atomic mass is 10.1. The first-order chi connectivity index (χ1) is 20.2. The van der Waals surface area contributed by atoms with Gasteiger partial charge >= 0.3 is 0 Å². The number of aromatic nitrogens is 3. The van der Waals surface area contributed by atoms with E-state index in [1.807, 2.05) is 48.0 Å². The fourth-order valence-corrected chi connectivity index (χ4v) is 5.02. The summed E-state index contributed by atoms with van der Waals surface area (Å²) >= 11 is 0. The molecule has 1 amide bonds. The van der Waals surface area contributed by atoms with Crippen molar-refractivity contribution in [3.05, 3.63) is 124 Å². The molecule has 2 aromatic heterocycles. The van der Waals surface area contributed by atoms with Crippen molar-refractivity contribution in [1.29, 1.82) is 0 Å². The van der Waals surface area contributed by atoms with Crippen LogP contribution in [0, 0.1) is 12.7 Å². The second-order valence-electron chi connectivity index (χ2n) is 10.4. The zero-order valence-electron chi connectivity index (χ0n) is 24.1. The highest BCUT2D eigenvalue weighted by molar-refractivity contribution is 5.95. The van der Waals surface area contributed by atoms with E-state index < -0.39 is 0 Å². The van der Waals surface area contributed by atoms with Crippen molar-refractivity contribution in [3.63, 3.8) is 0 Å². The standard InChI is InChI=1S/C33H33FN6O2/c1-21-19-39(30-13-12-26(34)16-28(21)30)27-11-6-8-23(14-27)20-40-31(24-9-7-10-25(15-24)32(41)38(4)5)36-18-29(33(40)42)37-22(2)17-35-3/h6-16,18-19,35,37H,2,17,20H2,1,3-5H3. The number of likely N-dealkylation sites (N-methyl/N-ethyl adjacent to an activating group) is 1.